The molecule has 116 valence electrons. The van der Waals surface area contributed by atoms with Crippen molar-refractivity contribution in [3.05, 3.63) is 75.1 Å². The minimum Gasteiger partial charge on any atom is -0.507 e. The summed E-state index contributed by atoms with van der Waals surface area (Å²) in [6.07, 6.45) is 4.32. The van der Waals surface area contributed by atoms with Crippen LogP contribution in [0.1, 0.15) is 35.1 Å². The van der Waals surface area contributed by atoms with Crippen molar-refractivity contribution in [3.63, 3.8) is 0 Å². The van der Waals surface area contributed by atoms with E-state index in [4.69, 9.17) is 4.42 Å². The fourth-order valence-electron chi connectivity index (χ4n) is 3.54. The number of phenols is 1. The summed E-state index contributed by atoms with van der Waals surface area (Å²) in [5.74, 6) is 0.207. The van der Waals surface area contributed by atoms with Gasteiger partial charge in [-0.25, -0.2) is 4.79 Å². The lowest BCUT2D eigenvalue weighted by Gasteiger charge is -2.18. The minimum atomic E-state index is -0.243. The molecule has 1 N–H and O–H groups in total. The van der Waals surface area contributed by atoms with Gasteiger partial charge in [0.1, 0.15) is 11.3 Å². The SMILES string of the molecule is O=c1oc2c(Cc3ccccc3)ccc(O)c2c2c1CCCC2. The van der Waals surface area contributed by atoms with E-state index in [-0.39, 0.29) is 11.4 Å². The van der Waals surface area contributed by atoms with Crippen LogP contribution >= 0.6 is 0 Å². The highest BCUT2D eigenvalue weighted by Crippen LogP contribution is 2.35. The molecule has 3 heteroatoms. The van der Waals surface area contributed by atoms with Crippen LogP contribution < -0.4 is 5.63 Å². The van der Waals surface area contributed by atoms with Crippen LogP contribution in [0.4, 0.5) is 0 Å². The number of benzene rings is 2. The van der Waals surface area contributed by atoms with Gasteiger partial charge in [0.2, 0.25) is 0 Å². The van der Waals surface area contributed by atoms with Gasteiger partial charge >= 0.3 is 5.63 Å². The van der Waals surface area contributed by atoms with Gasteiger partial charge < -0.3 is 9.52 Å². The van der Waals surface area contributed by atoms with E-state index in [1.54, 1.807) is 6.07 Å². The summed E-state index contributed by atoms with van der Waals surface area (Å²) < 4.78 is 5.63. The first kappa shape index (κ1) is 14.1. The molecular weight excluding hydrogens is 288 g/mol. The maximum atomic E-state index is 12.3. The van der Waals surface area contributed by atoms with Crippen molar-refractivity contribution in [3.8, 4) is 5.75 Å². The van der Waals surface area contributed by atoms with Crippen molar-refractivity contribution in [2.24, 2.45) is 0 Å². The zero-order valence-electron chi connectivity index (χ0n) is 12.8. The van der Waals surface area contributed by atoms with Gasteiger partial charge in [-0.15, -0.1) is 0 Å². The van der Waals surface area contributed by atoms with E-state index in [1.165, 1.54) is 0 Å². The van der Waals surface area contributed by atoms with E-state index < -0.39 is 0 Å². The van der Waals surface area contributed by atoms with Gasteiger partial charge in [0.05, 0.1) is 5.39 Å². The number of rotatable bonds is 2. The summed E-state index contributed by atoms with van der Waals surface area (Å²) in [5.41, 5.74) is 4.12. The predicted molar refractivity (Wildman–Crippen MR) is 90.0 cm³/mol. The van der Waals surface area contributed by atoms with Crippen molar-refractivity contribution >= 4 is 11.0 Å². The Labute approximate surface area is 134 Å². The number of hydrogen-bond acceptors (Lipinski definition) is 3. The zero-order chi connectivity index (χ0) is 15.8. The number of hydrogen-bond donors (Lipinski definition) is 1. The van der Waals surface area contributed by atoms with Crippen molar-refractivity contribution in [2.75, 3.05) is 0 Å². The average Bonchev–Trinajstić information content (AvgIpc) is 2.58. The molecule has 3 aromatic rings. The second-order valence-corrected chi connectivity index (χ2v) is 6.16. The molecule has 3 nitrogen and oxygen atoms in total. The Bertz CT molecular complexity index is 923. The van der Waals surface area contributed by atoms with Gasteiger partial charge in [0.15, 0.2) is 0 Å². The fraction of sp³-hybridized carbons (Fsp3) is 0.250. The van der Waals surface area contributed by atoms with Crippen LogP contribution in [0.3, 0.4) is 0 Å². The van der Waals surface area contributed by atoms with Crippen molar-refractivity contribution in [1.29, 1.82) is 0 Å². The van der Waals surface area contributed by atoms with E-state index in [0.717, 1.165) is 53.3 Å². The Morgan fingerprint density at radius 3 is 2.48 bits per heavy atom. The second kappa shape index (κ2) is 5.58. The maximum Gasteiger partial charge on any atom is 0.339 e. The number of aromatic hydroxyl groups is 1. The van der Waals surface area contributed by atoms with Crippen LogP contribution in [-0.4, -0.2) is 5.11 Å². The van der Waals surface area contributed by atoms with Crippen molar-refractivity contribution < 1.29 is 9.52 Å². The second-order valence-electron chi connectivity index (χ2n) is 6.16. The highest BCUT2D eigenvalue weighted by atomic mass is 16.4. The lowest BCUT2D eigenvalue weighted by Crippen LogP contribution is -2.16. The van der Waals surface area contributed by atoms with E-state index in [2.05, 4.69) is 12.1 Å². The first-order valence-corrected chi connectivity index (χ1v) is 8.07. The molecule has 1 heterocycles. The molecule has 1 aromatic heterocycles. The Morgan fingerprint density at radius 1 is 0.957 bits per heavy atom. The molecular formula is C20H18O3. The van der Waals surface area contributed by atoms with Crippen LogP contribution in [0.15, 0.2) is 51.7 Å². The molecule has 0 bridgehead atoms. The molecule has 0 spiro atoms. The van der Waals surface area contributed by atoms with Crippen LogP contribution in [0.5, 0.6) is 5.75 Å². The van der Waals surface area contributed by atoms with Gasteiger partial charge in [0.25, 0.3) is 0 Å². The molecule has 0 saturated carbocycles. The number of fused-ring (bicyclic) bond motifs is 3. The summed E-state index contributed by atoms with van der Waals surface area (Å²) in [6, 6.07) is 13.6. The molecule has 4 rings (SSSR count). The Morgan fingerprint density at radius 2 is 1.70 bits per heavy atom. The quantitative estimate of drug-likeness (QED) is 0.729. The van der Waals surface area contributed by atoms with E-state index in [0.29, 0.717) is 12.0 Å². The first-order valence-electron chi connectivity index (χ1n) is 8.07. The van der Waals surface area contributed by atoms with Crippen LogP contribution in [0, 0.1) is 0 Å². The van der Waals surface area contributed by atoms with E-state index >= 15 is 0 Å². The van der Waals surface area contributed by atoms with Crippen LogP contribution in [0.2, 0.25) is 0 Å². The molecule has 0 unspecified atom stereocenters. The largest absolute Gasteiger partial charge is 0.507 e. The van der Waals surface area contributed by atoms with E-state index in [1.807, 2.05) is 24.3 Å². The van der Waals surface area contributed by atoms with Crippen LogP contribution in [0.25, 0.3) is 11.0 Å². The molecule has 0 atom stereocenters. The molecule has 2 aromatic carbocycles. The Kier molecular flexibility index (Phi) is 3.41. The summed E-state index contributed by atoms with van der Waals surface area (Å²) in [7, 11) is 0. The first-order chi connectivity index (χ1) is 11.2. The standard InChI is InChI=1S/C20H18O3/c21-17-11-10-14(12-13-6-2-1-3-7-13)19-18(17)15-8-4-5-9-16(15)20(22)23-19/h1-3,6-7,10-11,21H,4-5,8-9,12H2. The Balaban J connectivity index is 1.95. The molecule has 0 saturated heterocycles. The molecule has 0 radical (unpaired) electrons. The third-order valence-electron chi connectivity index (χ3n) is 4.67. The molecule has 0 amide bonds. The molecule has 23 heavy (non-hydrogen) atoms. The normalized spacial score (nSPS) is 13.9. The molecule has 1 aliphatic carbocycles. The third kappa shape index (κ3) is 2.42. The monoisotopic (exact) mass is 306 g/mol. The number of phenolic OH excluding ortho intramolecular Hbond substituents is 1. The summed E-state index contributed by atoms with van der Waals surface area (Å²) in [4.78, 5) is 12.3. The highest BCUT2D eigenvalue weighted by Gasteiger charge is 2.21. The van der Waals surface area contributed by atoms with Crippen molar-refractivity contribution in [1.82, 2.24) is 0 Å². The minimum absolute atomic E-state index is 0.207. The third-order valence-corrected chi connectivity index (χ3v) is 4.67. The lowest BCUT2D eigenvalue weighted by molar-refractivity contribution is 0.475. The van der Waals surface area contributed by atoms with Gasteiger partial charge in [-0.1, -0.05) is 36.4 Å². The zero-order valence-corrected chi connectivity index (χ0v) is 12.8. The fourth-order valence-corrected chi connectivity index (χ4v) is 3.54. The van der Waals surface area contributed by atoms with Crippen molar-refractivity contribution in [2.45, 2.75) is 32.1 Å². The lowest BCUT2D eigenvalue weighted by atomic mass is 9.89. The molecule has 1 aliphatic rings. The summed E-state index contributed by atoms with van der Waals surface area (Å²) in [6.45, 7) is 0. The van der Waals surface area contributed by atoms with Crippen LogP contribution in [-0.2, 0) is 19.3 Å². The summed E-state index contributed by atoms with van der Waals surface area (Å²) in [5, 5.41) is 11.1. The Hall–Kier alpha value is -2.55. The summed E-state index contributed by atoms with van der Waals surface area (Å²) >= 11 is 0. The van der Waals surface area contributed by atoms with Gasteiger partial charge in [-0.2, -0.15) is 0 Å². The van der Waals surface area contributed by atoms with Gasteiger partial charge in [-0.05, 0) is 42.9 Å². The maximum absolute atomic E-state index is 12.3. The number of aryl methyl sites for hydroxylation is 1. The average molecular weight is 306 g/mol. The van der Waals surface area contributed by atoms with Gasteiger partial charge in [0, 0.05) is 17.5 Å². The highest BCUT2D eigenvalue weighted by molar-refractivity contribution is 5.90. The predicted octanol–water partition coefficient (Wildman–Crippen LogP) is 3.97. The molecule has 0 aliphatic heterocycles. The van der Waals surface area contributed by atoms with Gasteiger partial charge in [-0.3, -0.25) is 0 Å². The smallest absolute Gasteiger partial charge is 0.339 e. The molecule has 0 fully saturated rings. The topological polar surface area (TPSA) is 50.4 Å². The van der Waals surface area contributed by atoms with E-state index in [9.17, 15) is 9.90 Å².